The van der Waals surface area contributed by atoms with Crippen LogP contribution in [0.25, 0.3) is 0 Å². The smallest absolute Gasteiger partial charge is 0.254 e. The number of hydrogen-bond donors (Lipinski definition) is 0. The molecular formula is C16H21N5OS. The zero-order valence-corrected chi connectivity index (χ0v) is 14.0. The van der Waals surface area contributed by atoms with E-state index in [1.807, 2.05) is 26.4 Å². The zero-order valence-electron chi connectivity index (χ0n) is 13.2. The maximum atomic E-state index is 12.6. The molecule has 4 heterocycles. The normalized spacial score (nSPS) is 28.0. The van der Waals surface area contributed by atoms with Crippen molar-refractivity contribution in [3.05, 3.63) is 35.0 Å². The third-order valence-corrected chi connectivity index (χ3v) is 5.97. The molecule has 2 aliphatic rings. The quantitative estimate of drug-likeness (QED) is 0.857. The van der Waals surface area contributed by atoms with Crippen molar-refractivity contribution in [2.45, 2.75) is 31.5 Å². The number of thiophene rings is 1. The SMILES string of the molecule is CN1[C@@H](Cn2cncn2)C[C@H]2CN(C(=O)c3ccsc3)CC[C@H]21. The summed E-state index contributed by atoms with van der Waals surface area (Å²) in [4.78, 5) is 21.1. The number of rotatable bonds is 3. The largest absolute Gasteiger partial charge is 0.338 e. The van der Waals surface area contributed by atoms with Crippen molar-refractivity contribution >= 4 is 17.2 Å². The third kappa shape index (κ3) is 2.79. The van der Waals surface area contributed by atoms with Crippen LogP contribution in [-0.4, -0.2) is 62.7 Å². The van der Waals surface area contributed by atoms with Crippen molar-refractivity contribution in [1.29, 1.82) is 0 Å². The molecule has 7 heteroatoms. The molecule has 3 atom stereocenters. The first-order chi connectivity index (χ1) is 11.2. The molecule has 6 nitrogen and oxygen atoms in total. The van der Waals surface area contributed by atoms with Gasteiger partial charge in [-0.1, -0.05) is 0 Å². The Morgan fingerprint density at radius 3 is 3.13 bits per heavy atom. The lowest BCUT2D eigenvalue weighted by molar-refractivity contribution is 0.0607. The number of amides is 1. The molecule has 122 valence electrons. The molecular weight excluding hydrogens is 310 g/mol. The minimum absolute atomic E-state index is 0.187. The topological polar surface area (TPSA) is 54.3 Å². The number of carbonyl (C=O) groups excluding carboxylic acids is 1. The van der Waals surface area contributed by atoms with Gasteiger partial charge in [-0.05, 0) is 37.3 Å². The number of nitrogens with zero attached hydrogens (tertiary/aromatic N) is 5. The molecule has 0 radical (unpaired) electrons. The summed E-state index contributed by atoms with van der Waals surface area (Å²) in [5.41, 5.74) is 0.832. The summed E-state index contributed by atoms with van der Waals surface area (Å²) in [6, 6.07) is 2.98. The third-order valence-electron chi connectivity index (χ3n) is 5.29. The minimum Gasteiger partial charge on any atom is -0.338 e. The van der Waals surface area contributed by atoms with Crippen molar-refractivity contribution in [2.24, 2.45) is 5.92 Å². The number of fused-ring (bicyclic) bond motifs is 1. The van der Waals surface area contributed by atoms with E-state index >= 15 is 0 Å². The van der Waals surface area contributed by atoms with E-state index < -0.39 is 0 Å². The van der Waals surface area contributed by atoms with Crippen molar-refractivity contribution < 1.29 is 4.79 Å². The van der Waals surface area contributed by atoms with E-state index in [-0.39, 0.29) is 5.91 Å². The van der Waals surface area contributed by atoms with E-state index in [2.05, 4.69) is 22.0 Å². The lowest BCUT2D eigenvalue weighted by Gasteiger charge is -2.37. The molecule has 23 heavy (non-hydrogen) atoms. The Labute approximate surface area is 139 Å². The average molecular weight is 331 g/mol. The van der Waals surface area contributed by atoms with E-state index in [9.17, 15) is 4.79 Å². The van der Waals surface area contributed by atoms with Gasteiger partial charge >= 0.3 is 0 Å². The average Bonchev–Trinajstić information content (AvgIpc) is 3.30. The highest BCUT2D eigenvalue weighted by atomic mass is 32.1. The Morgan fingerprint density at radius 1 is 1.48 bits per heavy atom. The summed E-state index contributed by atoms with van der Waals surface area (Å²) in [7, 11) is 2.21. The highest BCUT2D eigenvalue weighted by Crippen LogP contribution is 2.35. The number of carbonyl (C=O) groups is 1. The van der Waals surface area contributed by atoms with E-state index in [1.54, 1.807) is 24.0 Å². The first-order valence-electron chi connectivity index (χ1n) is 8.08. The van der Waals surface area contributed by atoms with Gasteiger partial charge in [0.2, 0.25) is 0 Å². The molecule has 0 saturated carbocycles. The zero-order chi connectivity index (χ0) is 15.8. The first-order valence-corrected chi connectivity index (χ1v) is 9.02. The van der Waals surface area contributed by atoms with Crippen LogP contribution in [0.5, 0.6) is 0 Å². The van der Waals surface area contributed by atoms with Gasteiger partial charge in [-0.3, -0.25) is 14.4 Å². The van der Waals surface area contributed by atoms with Crippen LogP contribution in [-0.2, 0) is 6.54 Å². The lowest BCUT2D eigenvalue weighted by Crippen LogP contribution is -2.47. The standard InChI is InChI=1S/C16H21N5OS/c1-19-14(8-21-11-17-10-18-21)6-13-7-20(4-2-15(13)19)16(22)12-3-5-23-9-12/h3,5,9-11,13-15H,2,4,6-8H2,1H3/t13-,14+,15+/m0/s1. The predicted octanol–water partition coefficient (Wildman–Crippen LogP) is 1.57. The van der Waals surface area contributed by atoms with Gasteiger partial charge in [-0.15, -0.1) is 0 Å². The fraction of sp³-hybridized carbons (Fsp3) is 0.562. The minimum atomic E-state index is 0.187. The van der Waals surface area contributed by atoms with Gasteiger partial charge in [0.25, 0.3) is 5.91 Å². The second-order valence-corrected chi connectivity index (χ2v) is 7.33. The molecule has 0 aliphatic carbocycles. The maximum absolute atomic E-state index is 12.6. The molecule has 2 fully saturated rings. The number of aromatic nitrogens is 3. The molecule has 0 spiro atoms. The van der Waals surface area contributed by atoms with Gasteiger partial charge < -0.3 is 4.90 Å². The van der Waals surface area contributed by atoms with E-state index in [0.29, 0.717) is 18.0 Å². The van der Waals surface area contributed by atoms with E-state index in [0.717, 1.165) is 38.0 Å². The van der Waals surface area contributed by atoms with Crippen molar-refractivity contribution in [3.63, 3.8) is 0 Å². The Morgan fingerprint density at radius 2 is 2.39 bits per heavy atom. The van der Waals surface area contributed by atoms with Crippen LogP contribution in [0.3, 0.4) is 0 Å². The van der Waals surface area contributed by atoms with Crippen LogP contribution in [0.2, 0.25) is 0 Å². The van der Waals surface area contributed by atoms with Crippen LogP contribution in [0, 0.1) is 5.92 Å². The summed E-state index contributed by atoms with van der Waals surface area (Å²) in [5.74, 6) is 0.747. The van der Waals surface area contributed by atoms with Gasteiger partial charge in [0.05, 0.1) is 12.1 Å². The van der Waals surface area contributed by atoms with Gasteiger partial charge in [0.15, 0.2) is 0 Å². The fourth-order valence-electron chi connectivity index (χ4n) is 4.07. The summed E-state index contributed by atoms with van der Waals surface area (Å²) in [6.45, 7) is 2.61. The highest BCUT2D eigenvalue weighted by molar-refractivity contribution is 7.08. The summed E-state index contributed by atoms with van der Waals surface area (Å²) >= 11 is 1.58. The number of likely N-dealkylation sites (N-methyl/N-ethyl adjacent to an activating group) is 1. The van der Waals surface area contributed by atoms with E-state index in [1.165, 1.54) is 0 Å². The van der Waals surface area contributed by atoms with Crippen LogP contribution in [0.4, 0.5) is 0 Å². The van der Waals surface area contributed by atoms with Crippen molar-refractivity contribution in [3.8, 4) is 0 Å². The van der Waals surface area contributed by atoms with Crippen molar-refractivity contribution in [2.75, 3.05) is 20.1 Å². The molecule has 0 N–H and O–H groups in total. The molecule has 2 saturated heterocycles. The molecule has 4 rings (SSSR count). The molecule has 2 aliphatic heterocycles. The lowest BCUT2D eigenvalue weighted by atomic mass is 9.92. The first kappa shape index (κ1) is 14.8. The summed E-state index contributed by atoms with van der Waals surface area (Å²) in [5, 5.41) is 8.14. The Kier molecular flexibility index (Phi) is 3.90. The molecule has 2 aromatic heterocycles. The summed E-state index contributed by atoms with van der Waals surface area (Å²) < 4.78 is 1.91. The molecule has 0 unspecified atom stereocenters. The monoisotopic (exact) mass is 331 g/mol. The highest BCUT2D eigenvalue weighted by Gasteiger charge is 2.43. The molecule has 2 aromatic rings. The van der Waals surface area contributed by atoms with Gasteiger partial charge in [0.1, 0.15) is 12.7 Å². The Hall–Kier alpha value is -1.73. The van der Waals surface area contributed by atoms with Crippen LogP contribution in [0.1, 0.15) is 23.2 Å². The number of hydrogen-bond acceptors (Lipinski definition) is 5. The van der Waals surface area contributed by atoms with Crippen LogP contribution >= 0.6 is 11.3 Å². The van der Waals surface area contributed by atoms with Crippen LogP contribution in [0.15, 0.2) is 29.5 Å². The van der Waals surface area contributed by atoms with E-state index in [4.69, 9.17) is 0 Å². The van der Waals surface area contributed by atoms with Crippen LogP contribution < -0.4 is 0 Å². The number of likely N-dealkylation sites (tertiary alicyclic amines) is 2. The second kappa shape index (κ2) is 6.05. The van der Waals surface area contributed by atoms with Gasteiger partial charge in [-0.25, -0.2) is 4.98 Å². The maximum Gasteiger partial charge on any atom is 0.254 e. The predicted molar refractivity (Wildman–Crippen MR) is 88.3 cm³/mol. The number of piperidine rings is 1. The van der Waals surface area contributed by atoms with Gasteiger partial charge in [-0.2, -0.15) is 16.4 Å². The molecule has 1 amide bonds. The molecule has 0 aromatic carbocycles. The Bertz CT molecular complexity index is 656. The molecule has 0 bridgehead atoms. The van der Waals surface area contributed by atoms with Gasteiger partial charge in [0, 0.05) is 30.6 Å². The fourth-order valence-corrected chi connectivity index (χ4v) is 4.70. The Balaban J connectivity index is 1.43. The second-order valence-electron chi connectivity index (χ2n) is 6.55. The van der Waals surface area contributed by atoms with Crippen molar-refractivity contribution in [1.82, 2.24) is 24.6 Å². The summed E-state index contributed by atoms with van der Waals surface area (Å²) in [6.07, 6.45) is 5.55.